The zero-order valence-corrected chi connectivity index (χ0v) is 16.2. The molecular weight excluding hydrogens is 354 g/mol. The van der Waals surface area contributed by atoms with Gasteiger partial charge >= 0.3 is 0 Å². The molecule has 3 aromatic rings. The second-order valence-electron chi connectivity index (χ2n) is 6.09. The number of nitrogens with one attached hydrogen (secondary N) is 2. The van der Waals surface area contributed by atoms with E-state index in [0.29, 0.717) is 28.6 Å². The molecule has 2 aromatic carbocycles. The van der Waals surface area contributed by atoms with Crippen LogP contribution in [-0.4, -0.2) is 25.1 Å². The van der Waals surface area contributed by atoms with E-state index in [2.05, 4.69) is 28.6 Å². The molecule has 0 fully saturated rings. The maximum Gasteiger partial charge on any atom is 0.255 e. The van der Waals surface area contributed by atoms with E-state index in [1.807, 2.05) is 18.2 Å². The zero-order chi connectivity index (χ0) is 19.9. The number of hydrogen-bond donors (Lipinski definition) is 2. The summed E-state index contributed by atoms with van der Waals surface area (Å²) < 4.78 is 10.5. The quantitative estimate of drug-likeness (QED) is 0.627. The molecule has 1 aromatic heterocycles. The lowest BCUT2D eigenvalue weighted by Gasteiger charge is -2.13. The molecule has 0 spiro atoms. The summed E-state index contributed by atoms with van der Waals surface area (Å²) in [5.41, 5.74) is 3.22. The fourth-order valence-corrected chi connectivity index (χ4v) is 2.82. The van der Waals surface area contributed by atoms with Crippen LogP contribution in [0.15, 0.2) is 60.8 Å². The maximum atomic E-state index is 12.7. The van der Waals surface area contributed by atoms with Crippen LogP contribution in [0.4, 0.5) is 17.2 Å². The predicted octanol–water partition coefficient (Wildman–Crippen LogP) is 4.66. The Bertz CT molecular complexity index is 973. The van der Waals surface area contributed by atoms with Gasteiger partial charge in [0.1, 0.15) is 17.3 Å². The molecule has 0 radical (unpaired) electrons. The van der Waals surface area contributed by atoms with Crippen molar-refractivity contribution in [2.75, 3.05) is 24.9 Å². The van der Waals surface area contributed by atoms with E-state index in [4.69, 9.17) is 9.47 Å². The van der Waals surface area contributed by atoms with Gasteiger partial charge in [-0.2, -0.15) is 0 Å². The number of methoxy groups -OCH3 is 2. The smallest absolute Gasteiger partial charge is 0.255 e. The Morgan fingerprint density at radius 2 is 1.82 bits per heavy atom. The van der Waals surface area contributed by atoms with Crippen LogP contribution in [0.3, 0.4) is 0 Å². The van der Waals surface area contributed by atoms with Gasteiger partial charge in [0.2, 0.25) is 0 Å². The third kappa shape index (κ3) is 4.40. The Balaban J connectivity index is 1.79. The Hall–Kier alpha value is -3.54. The molecule has 0 saturated carbocycles. The normalized spacial score (nSPS) is 10.2. The second-order valence-corrected chi connectivity index (χ2v) is 6.09. The highest BCUT2D eigenvalue weighted by atomic mass is 16.5. The Morgan fingerprint density at radius 1 is 1.00 bits per heavy atom. The van der Waals surface area contributed by atoms with Crippen molar-refractivity contribution in [1.82, 2.24) is 4.98 Å². The van der Waals surface area contributed by atoms with Crippen LogP contribution < -0.4 is 20.1 Å². The molecule has 2 N–H and O–H groups in total. The molecule has 3 rings (SSSR count). The molecule has 144 valence electrons. The van der Waals surface area contributed by atoms with Crippen LogP contribution in [0, 0.1) is 0 Å². The number of pyridine rings is 1. The summed E-state index contributed by atoms with van der Waals surface area (Å²) in [6, 6.07) is 16.6. The van der Waals surface area contributed by atoms with Crippen LogP contribution in [-0.2, 0) is 6.42 Å². The summed E-state index contributed by atoms with van der Waals surface area (Å²) in [6.07, 6.45) is 2.51. The molecule has 1 heterocycles. The van der Waals surface area contributed by atoms with E-state index in [1.165, 1.54) is 5.56 Å². The largest absolute Gasteiger partial charge is 0.497 e. The molecule has 6 nitrogen and oxygen atoms in total. The summed E-state index contributed by atoms with van der Waals surface area (Å²) in [4.78, 5) is 17.0. The number of aryl methyl sites for hydroxylation is 1. The Labute approximate surface area is 164 Å². The topological polar surface area (TPSA) is 72.5 Å². The number of carbonyl (C=O) groups is 1. The van der Waals surface area contributed by atoms with Gasteiger partial charge in [0.15, 0.2) is 0 Å². The van der Waals surface area contributed by atoms with Crippen molar-refractivity contribution in [3.8, 4) is 11.5 Å². The molecule has 0 aliphatic rings. The number of hydrogen-bond acceptors (Lipinski definition) is 5. The third-order valence-corrected chi connectivity index (χ3v) is 4.34. The molecule has 0 atom stereocenters. The molecular formula is C22H23N3O3. The Kier molecular flexibility index (Phi) is 6.11. The van der Waals surface area contributed by atoms with Gasteiger partial charge < -0.3 is 20.1 Å². The average molecular weight is 377 g/mol. The first-order chi connectivity index (χ1) is 13.6. The van der Waals surface area contributed by atoms with Gasteiger partial charge in [0.25, 0.3) is 5.91 Å². The van der Waals surface area contributed by atoms with E-state index < -0.39 is 0 Å². The molecule has 0 bridgehead atoms. The predicted molar refractivity (Wildman–Crippen MR) is 111 cm³/mol. The standard InChI is InChI=1S/C22H23N3O3/c1-4-15-7-5-6-8-18(15)24-21-13-16(11-12-23-21)22(26)25-19-10-9-17(27-2)14-20(19)28-3/h5-14H,4H2,1-3H3,(H,23,24)(H,25,26). The summed E-state index contributed by atoms with van der Waals surface area (Å²) >= 11 is 0. The average Bonchev–Trinajstić information content (AvgIpc) is 2.74. The lowest BCUT2D eigenvalue weighted by Crippen LogP contribution is -2.13. The highest BCUT2D eigenvalue weighted by Crippen LogP contribution is 2.29. The van der Waals surface area contributed by atoms with Crippen LogP contribution >= 0.6 is 0 Å². The van der Waals surface area contributed by atoms with Gasteiger partial charge in [-0.05, 0) is 42.3 Å². The van der Waals surface area contributed by atoms with Gasteiger partial charge in [-0.25, -0.2) is 4.98 Å². The third-order valence-electron chi connectivity index (χ3n) is 4.34. The van der Waals surface area contributed by atoms with E-state index in [9.17, 15) is 4.79 Å². The minimum absolute atomic E-state index is 0.252. The van der Waals surface area contributed by atoms with Crippen LogP contribution in [0.2, 0.25) is 0 Å². The molecule has 0 aliphatic heterocycles. The first-order valence-corrected chi connectivity index (χ1v) is 8.99. The van der Waals surface area contributed by atoms with E-state index in [-0.39, 0.29) is 5.91 Å². The number of aromatic nitrogens is 1. The summed E-state index contributed by atoms with van der Waals surface area (Å²) in [5.74, 6) is 1.53. The number of amides is 1. The van der Waals surface area contributed by atoms with Crippen molar-refractivity contribution in [2.45, 2.75) is 13.3 Å². The zero-order valence-electron chi connectivity index (χ0n) is 16.2. The molecule has 0 aliphatic carbocycles. The molecule has 0 saturated heterocycles. The van der Waals surface area contributed by atoms with Gasteiger partial charge in [-0.15, -0.1) is 0 Å². The van der Waals surface area contributed by atoms with Crippen molar-refractivity contribution in [3.63, 3.8) is 0 Å². The van der Waals surface area contributed by atoms with Gasteiger partial charge in [-0.3, -0.25) is 4.79 Å². The second kappa shape index (κ2) is 8.90. The van der Waals surface area contributed by atoms with E-state index >= 15 is 0 Å². The minimum Gasteiger partial charge on any atom is -0.497 e. The highest BCUT2D eigenvalue weighted by Gasteiger charge is 2.12. The summed E-state index contributed by atoms with van der Waals surface area (Å²) in [5, 5.41) is 6.16. The molecule has 1 amide bonds. The number of benzene rings is 2. The SMILES string of the molecule is CCc1ccccc1Nc1cc(C(=O)Nc2ccc(OC)cc2OC)ccn1. The number of para-hydroxylation sites is 1. The molecule has 28 heavy (non-hydrogen) atoms. The van der Waals surface area contributed by atoms with E-state index in [1.54, 1.807) is 50.7 Å². The van der Waals surface area contributed by atoms with Gasteiger partial charge in [-0.1, -0.05) is 25.1 Å². The van der Waals surface area contributed by atoms with E-state index in [0.717, 1.165) is 12.1 Å². The maximum absolute atomic E-state index is 12.7. The van der Waals surface area contributed by atoms with Gasteiger partial charge in [0.05, 0.1) is 19.9 Å². The summed E-state index contributed by atoms with van der Waals surface area (Å²) in [7, 11) is 3.12. The van der Waals surface area contributed by atoms with Crippen LogP contribution in [0.1, 0.15) is 22.8 Å². The van der Waals surface area contributed by atoms with Crippen molar-refractivity contribution < 1.29 is 14.3 Å². The van der Waals surface area contributed by atoms with Gasteiger partial charge in [0, 0.05) is 23.5 Å². The lowest BCUT2D eigenvalue weighted by atomic mass is 10.1. The number of carbonyl (C=O) groups excluding carboxylic acids is 1. The Morgan fingerprint density at radius 3 is 2.57 bits per heavy atom. The number of anilines is 3. The highest BCUT2D eigenvalue weighted by molar-refractivity contribution is 6.05. The minimum atomic E-state index is -0.252. The number of rotatable bonds is 7. The van der Waals surface area contributed by atoms with Crippen molar-refractivity contribution in [2.24, 2.45) is 0 Å². The monoisotopic (exact) mass is 377 g/mol. The number of ether oxygens (including phenoxy) is 2. The first-order valence-electron chi connectivity index (χ1n) is 8.99. The fourth-order valence-electron chi connectivity index (χ4n) is 2.82. The van der Waals surface area contributed by atoms with Crippen molar-refractivity contribution in [3.05, 3.63) is 71.9 Å². The van der Waals surface area contributed by atoms with Crippen molar-refractivity contribution >= 4 is 23.1 Å². The molecule has 0 unspecified atom stereocenters. The van der Waals surface area contributed by atoms with Crippen molar-refractivity contribution in [1.29, 1.82) is 0 Å². The first kappa shape index (κ1) is 19.2. The summed E-state index contributed by atoms with van der Waals surface area (Å²) in [6.45, 7) is 2.10. The van der Waals surface area contributed by atoms with Crippen LogP contribution in [0.25, 0.3) is 0 Å². The molecule has 6 heteroatoms. The lowest BCUT2D eigenvalue weighted by molar-refractivity contribution is 0.102. The number of nitrogens with zero attached hydrogens (tertiary/aromatic N) is 1. The fraction of sp³-hybridized carbons (Fsp3) is 0.182. The van der Waals surface area contributed by atoms with Crippen LogP contribution in [0.5, 0.6) is 11.5 Å².